The van der Waals surface area contributed by atoms with E-state index in [2.05, 4.69) is 39.3 Å². The fraction of sp³-hybridized carbons (Fsp3) is 0.174. The van der Waals surface area contributed by atoms with Crippen LogP contribution in [0.25, 0.3) is 20.7 Å². The average Bonchev–Trinajstić information content (AvgIpc) is 3.21. The van der Waals surface area contributed by atoms with Crippen LogP contribution in [-0.4, -0.2) is 29.4 Å². The van der Waals surface area contributed by atoms with Crippen molar-refractivity contribution in [2.45, 2.75) is 6.54 Å². The quantitative estimate of drug-likeness (QED) is 0.213. The third-order valence-corrected chi connectivity index (χ3v) is 6.13. The average molecular weight is 456 g/mol. The summed E-state index contributed by atoms with van der Waals surface area (Å²) in [5.41, 5.74) is 3.07. The molecule has 0 aliphatic heterocycles. The maximum Gasteiger partial charge on any atom is 0.167 e. The minimum atomic E-state index is -0.645. The number of benzene rings is 2. The molecule has 2 heterocycles. The van der Waals surface area contributed by atoms with Gasteiger partial charge in [0.15, 0.2) is 11.6 Å². The summed E-state index contributed by atoms with van der Waals surface area (Å²) in [6.07, 6.45) is 1.63. The number of alkyl halides is 1. The van der Waals surface area contributed by atoms with E-state index in [1.54, 1.807) is 12.3 Å². The lowest BCUT2D eigenvalue weighted by Gasteiger charge is -2.14. The number of halogens is 2. The van der Waals surface area contributed by atoms with Crippen molar-refractivity contribution in [2.75, 3.05) is 19.5 Å². The van der Waals surface area contributed by atoms with E-state index in [4.69, 9.17) is 16.3 Å². The van der Waals surface area contributed by atoms with Gasteiger partial charge in [0.1, 0.15) is 11.4 Å². The predicted octanol–water partition coefficient (Wildman–Crippen LogP) is 6.96. The second-order valence-electron chi connectivity index (χ2n) is 7.07. The van der Waals surface area contributed by atoms with Crippen molar-refractivity contribution < 1.29 is 9.13 Å². The standard InChI is InChI=1S/C23H19ClFN3O2S/c1-28(11-9-24)14-15-2-4-16(5-3-15)22-13-19-23(31-22)21(8-10-26-19)30-20-7-6-17(27-29)12-18(20)25/h2-8,10,12-13H,9,11,14H2,1H3. The van der Waals surface area contributed by atoms with Crippen LogP contribution >= 0.6 is 22.9 Å². The summed E-state index contributed by atoms with van der Waals surface area (Å²) in [5.74, 6) is 0.496. The molecule has 0 fully saturated rings. The number of thiophene rings is 1. The molecule has 0 N–H and O–H groups in total. The lowest BCUT2D eigenvalue weighted by molar-refractivity contribution is 0.348. The molecule has 0 bridgehead atoms. The fourth-order valence-electron chi connectivity index (χ4n) is 3.19. The van der Waals surface area contributed by atoms with Gasteiger partial charge in [0.25, 0.3) is 0 Å². The van der Waals surface area contributed by atoms with Gasteiger partial charge in [0, 0.05) is 42.2 Å². The van der Waals surface area contributed by atoms with Crippen LogP contribution in [-0.2, 0) is 6.54 Å². The molecule has 4 rings (SSSR count). The van der Waals surface area contributed by atoms with Crippen molar-refractivity contribution in [1.82, 2.24) is 9.88 Å². The minimum Gasteiger partial charge on any atom is -0.453 e. The number of rotatable bonds is 8. The highest BCUT2D eigenvalue weighted by atomic mass is 35.5. The van der Waals surface area contributed by atoms with Crippen molar-refractivity contribution >= 4 is 38.8 Å². The van der Waals surface area contributed by atoms with Gasteiger partial charge in [-0.3, -0.25) is 4.98 Å². The molecule has 0 spiro atoms. The number of nitrogens with zero attached hydrogens (tertiary/aromatic N) is 3. The third kappa shape index (κ3) is 4.90. The maximum atomic E-state index is 14.2. The molecule has 4 aromatic rings. The summed E-state index contributed by atoms with van der Waals surface area (Å²) in [7, 11) is 2.04. The third-order valence-electron chi connectivity index (χ3n) is 4.77. The number of hydrogen-bond donors (Lipinski definition) is 0. The molecule has 5 nitrogen and oxygen atoms in total. The summed E-state index contributed by atoms with van der Waals surface area (Å²) in [5, 5.41) is 2.74. The summed E-state index contributed by atoms with van der Waals surface area (Å²) in [4.78, 5) is 18.2. The van der Waals surface area contributed by atoms with Crippen LogP contribution in [0.2, 0.25) is 0 Å². The topological polar surface area (TPSA) is 54.8 Å². The van der Waals surface area contributed by atoms with Gasteiger partial charge in [-0.15, -0.1) is 27.8 Å². The Morgan fingerprint density at radius 1 is 1.13 bits per heavy atom. The molecule has 0 atom stereocenters. The SMILES string of the molecule is CN(CCCl)Cc1ccc(-c2cc3nccc(Oc4ccc(N=O)cc4F)c3s2)cc1. The largest absolute Gasteiger partial charge is 0.453 e. The van der Waals surface area contributed by atoms with Crippen molar-refractivity contribution in [3.8, 4) is 21.9 Å². The second-order valence-corrected chi connectivity index (χ2v) is 8.50. The second kappa shape index (κ2) is 9.51. The molecular weight excluding hydrogens is 437 g/mol. The first-order chi connectivity index (χ1) is 15.1. The van der Waals surface area contributed by atoms with Gasteiger partial charge in [0.05, 0.1) is 10.2 Å². The smallest absolute Gasteiger partial charge is 0.167 e. The molecule has 0 saturated heterocycles. The van der Waals surface area contributed by atoms with E-state index in [1.165, 1.54) is 29.0 Å². The van der Waals surface area contributed by atoms with E-state index >= 15 is 0 Å². The number of aromatic nitrogens is 1. The Kier molecular flexibility index (Phi) is 6.56. The molecule has 2 aromatic carbocycles. The first-order valence-electron chi connectivity index (χ1n) is 9.60. The molecule has 2 aromatic heterocycles. The Morgan fingerprint density at radius 3 is 2.65 bits per heavy atom. The Hall–Kier alpha value is -2.87. The van der Waals surface area contributed by atoms with Crippen LogP contribution in [0.1, 0.15) is 5.56 Å². The van der Waals surface area contributed by atoms with E-state index in [-0.39, 0.29) is 11.4 Å². The van der Waals surface area contributed by atoms with Gasteiger partial charge in [-0.05, 0) is 41.6 Å². The Balaban J connectivity index is 1.60. The molecule has 0 saturated carbocycles. The summed E-state index contributed by atoms with van der Waals surface area (Å²) < 4.78 is 20.8. The van der Waals surface area contributed by atoms with Gasteiger partial charge in [0.2, 0.25) is 0 Å². The van der Waals surface area contributed by atoms with E-state index in [1.807, 2.05) is 13.1 Å². The monoisotopic (exact) mass is 455 g/mol. The van der Waals surface area contributed by atoms with Gasteiger partial charge >= 0.3 is 0 Å². The highest BCUT2D eigenvalue weighted by Crippen LogP contribution is 2.39. The van der Waals surface area contributed by atoms with E-state index in [9.17, 15) is 9.30 Å². The van der Waals surface area contributed by atoms with Crippen LogP contribution in [0.3, 0.4) is 0 Å². The summed E-state index contributed by atoms with van der Waals surface area (Å²) in [6, 6.07) is 15.9. The molecule has 0 radical (unpaired) electrons. The van der Waals surface area contributed by atoms with E-state index in [0.717, 1.165) is 39.8 Å². The Bertz CT molecular complexity index is 1210. The lowest BCUT2D eigenvalue weighted by atomic mass is 10.1. The molecule has 0 amide bonds. The summed E-state index contributed by atoms with van der Waals surface area (Å²) in [6.45, 7) is 1.67. The van der Waals surface area contributed by atoms with Gasteiger partial charge in [-0.1, -0.05) is 24.3 Å². The number of hydrogen-bond acceptors (Lipinski definition) is 6. The number of pyridine rings is 1. The van der Waals surface area contributed by atoms with Crippen molar-refractivity contribution in [3.63, 3.8) is 0 Å². The van der Waals surface area contributed by atoms with Crippen molar-refractivity contribution in [2.24, 2.45) is 5.18 Å². The normalized spacial score (nSPS) is 11.2. The Morgan fingerprint density at radius 2 is 1.94 bits per heavy atom. The zero-order valence-corrected chi connectivity index (χ0v) is 18.3. The fourth-order valence-corrected chi connectivity index (χ4v) is 4.55. The predicted molar refractivity (Wildman–Crippen MR) is 124 cm³/mol. The van der Waals surface area contributed by atoms with Crippen LogP contribution in [0.5, 0.6) is 11.5 Å². The molecular formula is C23H19ClFN3O2S. The van der Waals surface area contributed by atoms with Gasteiger partial charge in [-0.2, -0.15) is 0 Å². The molecule has 0 aliphatic carbocycles. The lowest BCUT2D eigenvalue weighted by Crippen LogP contribution is -2.19. The van der Waals surface area contributed by atoms with Crippen molar-refractivity contribution in [3.05, 3.63) is 77.1 Å². The molecule has 31 heavy (non-hydrogen) atoms. The molecule has 0 aliphatic rings. The van der Waals surface area contributed by atoms with Gasteiger partial charge in [-0.25, -0.2) is 4.39 Å². The van der Waals surface area contributed by atoms with Crippen LogP contribution in [0, 0.1) is 10.7 Å². The Labute approximate surface area is 188 Å². The van der Waals surface area contributed by atoms with Crippen LogP contribution in [0.4, 0.5) is 10.1 Å². The summed E-state index contributed by atoms with van der Waals surface area (Å²) >= 11 is 7.33. The van der Waals surface area contributed by atoms with E-state index in [0.29, 0.717) is 11.6 Å². The first kappa shape index (κ1) is 21.4. The van der Waals surface area contributed by atoms with Crippen molar-refractivity contribution in [1.29, 1.82) is 0 Å². The highest BCUT2D eigenvalue weighted by Gasteiger charge is 2.13. The van der Waals surface area contributed by atoms with Crippen LogP contribution in [0.15, 0.2) is 66.0 Å². The molecule has 0 unspecified atom stereocenters. The zero-order chi connectivity index (χ0) is 21.8. The molecule has 8 heteroatoms. The zero-order valence-electron chi connectivity index (χ0n) is 16.7. The van der Waals surface area contributed by atoms with Gasteiger partial charge < -0.3 is 9.64 Å². The molecule has 158 valence electrons. The van der Waals surface area contributed by atoms with E-state index < -0.39 is 5.82 Å². The highest BCUT2D eigenvalue weighted by molar-refractivity contribution is 7.22. The maximum absolute atomic E-state index is 14.2. The van der Waals surface area contributed by atoms with Crippen LogP contribution < -0.4 is 4.74 Å². The number of nitroso groups, excluding NO2 is 1. The minimum absolute atomic E-state index is 0.0143. The first-order valence-corrected chi connectivity index (χ1v) is 11.0. The number of ether oxygens (including phenoxy) is 1. The number of fused-ring (bicyclic) bond motifs is 1.